The lowest BCUT2D eigenvalue weighted by Crippen LogP contribution is -2.49. The number of hydrogen-bond donors (Lipinski definition) is 1. The number of benzene rings is 1. The molecule has 1 aromatic rings. The summed E-state index contributed by atoms with van der Waals surface area (Å²) in [4.78, 5) is 16.7. The third-order valence-electron chi connectivity index (χ3n) is 4.89. The van der Waals surface area contributed by atoms with Gasteiger partial charge in [-0.15, -0.1) is 0 Å². The summed E-state index contributed by atoms with van der Waals surface area (Å²) in [6.07, 6.45) is 6.25. The molecule has 1 aromatic carbocycles. The summed E-state index contributed by atoms with van der Waals surface area (Å²) < 4.78 is 0. The highest BCUT2D eigenvalue weighted by Crippen LogP contribution is 2.15. The van der Waals surface area contributed by atoms with Gasteiger partial charge >= 0.3 is 0 Å². The number of carbonyl (C=O) groups is 1. The molecule has 2 rings (SSSR count). The Morgan fingerprint density at radius 1 is 1.00 bits per heavy atom. The second kappa shape index (κ2) is 11.1. The van der Waals surface area contributed by atoms with Gasteiger partial charge in [0.1, 0.15) is 0 Å². The molecule has 0 spiro atoms. The zero-order valence-corrected chi connectivity index (χ0v) is 16.0. The minimum Gasteiger partial charge on any atom is -0.369 e. The Kier molecular flexibility index (Phi) is 8.81. The molecule has 1 saturated heterocycles. The van der Waals surface area contributed by atoms with E-state index in [0.29, 0.717) is 6.54 Å². The number of hydrogen-bond acceptors (Lipinski definition) is 3. The number of nitrogens with one attached hydrogen (secondary N) is 1. The van der Waals surface area contributed by atoms with Crippen LogP contribution in [0, 0.1) is 5.92 Å². The predicted octanol–water partition coefficient (Wildman–Crippen LogP) is 3.53. The van der Waals surface area contributed by atoms with Crippen molar-refractivity contribution in [3.63, 3.8) is 0 Å². The van der Waals surface area contributed by atoms with E-state index in [0.717, 1.165) is 45.1 Å². The first-order chi connectivity index (χ1) is 12.1. The number of anilines is 1. The van der Waals surface area contributed by atoms with Crippen LogP contribution in [0.2, 0.25) is 0 Å². The first-order valence-corrected chi connectivity index (χ1v) is 9.94. The van der Waals surface area contributed by atoms with Crippen LogP contribution in [0.1, 0.15) is 46.0 Å². The van der Waals surface area contributed by atoms with Gasteiger partial charge in [0.05, 0.1) is 6.54 Å². The monoisotopic (exact) mass is 345 g/mol. The number of amides is 1. The fraction of sp³-hybridized carbons (Fsp3) is 0.667. The largest absolute Gasteiger partial charge is 0.369 e. The molecule has 0 unspecified atom stereocenters. The predicted molar refractivity (Wildman–Crippen MR) is 106 cm³/mol. The molecule has 0 radical (unpaired) electrons. The van der Waals surface area contributed by atoms with Gasteiger partial charge in [0, 0.05) is 38.4 Å². The molecular formula is C21H35N3O. The maximum atomic E-state index is 12.1. The van der Waals surface area contributed by atoms with Crippen LogP contribution in [-0.2, 0) is 4.79 Å². The van der Waals surface area contributed by atoms with Crippen LogP contribution >= 0.6 is 0 Å². The summed E-state index contributed by atoms with van der Waals surface area (Å²) in [5, 5.41) is 3.08. The Morgan fingerprint density at radius 2 is 1.68 bits per heavy atom. The van der Waals surface area contributed by atoms with Crippen molar-refractivity contribution in [1.29, 1.82) is 0 Å². The summed E-state index contributed by atoms with van der Waals surface area (Å²) in [5.41, 5.74) is 1.28. The highest BCUT2D eigenvalue weighted by molar-refractivity contribution is 5.78. The van der Waals surface area contributed by atoms with Gasteiger partial charge in [-0.3, -0.25) is 9.69 Å². The fourth-order valence-corrected chi connectivity index (χ4v) is 3.32. The molecule has 140 valence electrons. The molecule has 1 fully saturated rings. The number of nitrogens with zero attached hydrogens (tertiary/aromatic N) is 2. The topological polar surface area (TPSA) is 35.6 Å². The van der Waals surface area contributed by atoms with E-state index in [1.54, 1.807) is 0 Å². The van der Waals surface area contributed by atoms with Gasteiger partial charge in [-0.2, -0.15) is 0 Å². The normalized spacial score (nSPS) is 15.6. The van der Waals surface area contributed by atoms with Crippen LogP contribution in [0.15, 0.2) is 30.3 Å². The maximum Gasteiger partial charge on any atom is 0.234 e. The van der Waals surface area contributed by atoms with Gasteiger partial charge in [-0.05, 0) is 24.5 Å². The van der Waals surface area contributed by atoms with Crippen LogP contribution in [0.25, 0.3) is 0 Å². The van der Waals surface area contributed by atoms with Crippen molar-refractivity contribution in [2.45, 2.75) is 46.0 Å². The number of piperazine rings is 1. The molecule has 1 heterocycles. The van der Waals surface area contributed by atoms with Crippen LogP contribution in [0.4, 0.5) is 5.69 Å². The first kappa shape index (κ1) is 19.8. The van der Waals surface area contributed by atoms with E-state index in [1.807, 2.05) is 0 Å². The molecular weight excluding hydrogens is 310 g/mol. The van der Waals surface area contributed by atoms with Gasteiger partial charge in [0.2, 0.25) is 5.91 Å². The van der Waals surface area contributed by atoms with Crippen molar-refractivity contribution >= 4 is 11.6 Å². The van der Waals surface area contributed by atoms with Gasteiger partial charge in [-0.1, -0.05) is 57.7 Å². The number of rotatable bonds is 10. The Hall–Kier alpha value is -1.55. The lowest BCUT2D eigenvalue weighted by molar-refractivity contribution is -0.122. The van der Waals surface area contributed by atoms with Crippen molar-refractivity contribution < 1.29 is 4.79 Å². The third-order valence-corrected chi connectivity index (χ3v) is 4.89. The minimum absolute atomic E-state index is 0.176. The molecule has 0 bridgehead atoms. The van der Waals surface area contributed by atoms with Gasteiger partial charge in [0.25, 0.3) is 0 Å². The molecule has 1 amide bonds. The molecule has 0 aromatic heterocycles. The highest BCUT2D eigenvalue weighted by atomic mass is 16.2. The zero-order valence-electron chi connectivity index (χ0n) is 16.0. The van der Waals surface area contributed by atoms with Gasteiger partial charge in [0.15, 0.2) is 0 Å². The number of para-hydroxylation sites is 1. The quantitative estimate of drug-likeness (QED) is 0.659. The van der Waals surface area contributed by atoms with Crippen LogP contribution in [-0.4, -0.2) is 50.1 Å². The second-order valence-corrected chi connectivity index (χ2v) is 7.55. The van der Waals surface area contributed by atoms with E-state index in [2.05, 4.69) is 59.3 Å². The standard InChI is InChI=1S/C21H35N3O/c1-19(2)10-6-3-4-9-13-22-21(25)18-23-14-16-24(17-15-23)20-11-7-5-8-12-20/h5,7-8,11-12,19H,3-4,6,9-10,13-18H2,1-2H3,(H,22,25). The summed E-state index contributed by atoms with van der Waals surface area (Å²) in [5.74, 6) is 0.984. The fourth-order valence-electron chi connectivity index (χ4n) is 3.32. The maximum absolute atomic E-state index is 12.1. The summed E-state index contributed by atoms with van der Waals surface area (Å²) in [7, 11) is 0. The number of carbonyl (C=O) groups excluding carboxylic acids is 1. The lowest BCUT2D eigenvalue weighted by Gasteiger charge is -2.35. The van der Waals surface area contributed by atoms with E-state index in [1.165, 1.54) is 31.4 Å². The van der Waals surface area contributed by atoms with E-state index < -0.39 is 0 Å². The Labute approximate surface area is 153 Å². The average molecular weight is 346 g/mol. The highest BCUT2D eigenvalue weighted by Gasteiger charge is 2.18. The molecule has 25 heavy (non-hydrogen) atoms. The second-order valence-electron chi connectivity index (χ2n) is 7.55. The van der Waals surface area contributed by atoms with E-state index in [9.17, 15) is 4.79 Å². The molecule has 1 N–H and O–H groups in total. The lowest BCUT2D eigenvalue weighted by atomic mass is 10.0. The number of unbranched alkanes of at least 4 members (excludes halogenated alkanes) is 3. The zero-order chi connectivity index (χ0) is 17.9. The Morgan fingerprint density at radius 3 is 2.36 bits per heavy atom. The summed E-state index contributed by atoms with van der Waals surface area (Å²) in [6.45, 7) is 9.82. The smallest absolute Gasteiger partial charge is 0.234 e. The average Bonchev–Trinajstić information content (AvgIpc) is 2.62. The van der Waals surface area contributed by atoms with E-state index in [-0.39, 0.29) is 5.91 Å². The van der Waals surface area contributed by atoms with Gasteiger partial charge in [-0.25, -0.2) is 0 Å². The molecule has 1 aliphatic rings. The van der Waals surface area contributed by atoms with Crippen LogP contribution in [0.3, 0.4) is 0 Å². The molecule has 4 heteroatoms. The summed E-state index contributed by atoms with van der Waals surface area (Å²) >= 11 is 0. The van der Waals surface area contributed by atoms with E-state index >= 15 is 0 Å². The van der Waals surface area contributed by atoms with Crippen LogP contribution in [0.5, 0.6) is 0 Å². The molecule has 0 saturated carbocycles. The van der Waals surface area contributed by atoms with Crippen molar-refractivity contribution in [3.05, 3.63) is 30.3 Å². The molecule has 0 atom stereocenters. The van der Waals surface area contributed by atoms with Crippen molar-refractivity contribution in [3.8, 4) is 0 Å². The Bertz CT molecular complexity index is 481. The third kappa shape index (κ3) is 7.91. The molecule has 1 aliphatic heterocycles. The summed E-state index contributed by atoms with van der Waals surface area (Å²) in [6, 6.07) is 10.5. The van der Waals surface area contributed by atoms with Gasteiger partial charge < -0.3 is 10.2 Å². The Balaban J connectivity index is 1.52. The molecule has 0 aliphatic carbocycles. The first-order valence-electron chi connectivity index (χ1n) is 9.94. The van der Waals surface area contributed by atoms with Crippen molar-refractivity contribution in [1.82, 2.24) is 10.2 Å². The van der Waals surface area contributed by atoms with E-state index in [4.69, 9.17) is 0 Å². The minimum atomic E-state index is 0.176. The SMILES string of the molecule is CC(C)CCCCCCNC(=O)CN1CCN(c2ccccc2)CC1. The van der Waals surface area contributed by atoms with Crippen LogP contribution < -0.4 is 10.2 Å². The van der Waals surface area contributed by atoms with Crippen molar-refractivity contribution in [2.24, 2.45) is 5.92 Å². The van der Waals surface area contributed by atoms with Crippen molar-refractivity contribution in [2.75, 3.05) is 44.2 Å². The molecule has 4 nitrogen and oxygen atoms in total.